The van der Waals surface area contributed by atoms with Crippen LogP contribution in [0.15, 0.2) is 30.6 Å². The van der Waals surface area contributed by atoms with Crippen LogP contribution in [0.25, 0.3) is 22.2 Å². The highest BCUT2D eigenvalue weighted by Crippen LogP contribution is 2.45. The molecule has 1 aliphatic rings. The Morgan fingerprint density at radius 3 is 2.56 bits per heavy atom. The second-order valence-electron chi connectivity index (χ2n) is 10.1. The number of aliphatic hydroxyl groups is 1. The number of nitrogens with zero attached hydrogens (tertiary/aromatic N) is 3. The van der Waals surface area contributed by atoms with Crippen molar-refractivity contribution in [2.45, 2.75) is 45.8 Å². The number of likely N-dealkylation sites (tertiary alicyclic amines) is 1. The first-order chi connectivity index (χ1) is 15.9. The number of halogens is 1. The quantitative estimate of drug-likeness (QED) is 0.548. The van der Waals surface area contributed by atoms with Gasteiger partial charge in [0.2, 0.25) is 5.91 Å². The fourth-order valence-corrected chi connectivity index (χ4v) is 5.36. The third kappa shape index (κ3) is 3.65. The highest BCUT2D eigenvalue weighted by Gasteiger charge is 2.49. The molecule has 0 saturated carbocycles. The highest BCUT2D eigenvalue weighted by molar-refractivity contribution is 5.97. The summed E-state index contributed by atoms with van der Waals surface area (Å²) >= 11 is 0. The van der Waals surface area contributed by atoms with Crippen LogP contribution < -0.4 is 5.73 Å². The van der Waals surface area contributed by atoms with E-state index < -0.39 is 28.8 Å². The smallest absolute Gasteiger partial charge is 0.242 e. The maximum Gasteiger partial charge on any atom is 0.242 e. The molecule has 178 valence electrons. The first kappa shape index (κ1) is 23.9. The summed E-state index contributed by atoms with van der Waals surface area (Å²) in [5.74, 6) is -1.54. The normalized spacial score (nSPS) is 23.2. The zero-order valence-electron chi connectivity index (χ0n) is 20.1. The molecule has 1 aliphatic heterocycles. The van der Waals surface area contributed by atoms with Gasteiger partial charge in [-0.15, -0.1) is 0 Å². The fourth-order valence-electron chi connectivity index (χ4n) is 5.36. The van der Waals surface area contributed by atoms with Crippen LogP contribution in [0, 0.1) is 35.9 Å². The van der Waals surface area contributed by atoms with E-state index in [1.54, 1.807) is 44.1 Å². The number of rotatable bonds is 3. The Bertz CT molecular complexity index is 1280. The number of hydrogen-bond acceptors (Lipinski definition) is 5. The second-order valence-corrected chi connectivity index (χ2v) is 10.1. The number of pyridine rings is 1. The van der Waals surface area contributed by atoms with Crippen molar-refractivity contribution in [3.8, 4) is 17.2 Å². The molecule has 3 heterocycles. The molecule has 4 rings (SSSR count). The summed E-state index contributed by atoms with van der Waals surface area (Å²) < 4.78 is 15.8. The van der Waals surface area contributed by atoms with E-state index in [0.29, 0.717) is 33.3 Å². The number of aromatic nitrogens is 2. The average Bonchev–Trinajstić information content (AvgIpc) is 3.19. The number of H-pyrrole nitrogens is 1. The lowest BCUT2D eigenvalue weighted by Crippen LogP contribution is -2.61. The van der Waals surface area contributed by atoms with Crippen molar-refractivity contribution in [1.29, 1.82) is 5.26 Å². The van der Waals surface area contributed by atoms with Crippen LogP contribution in [0.5, 0.6) is 0 Å². The van der Waals surface area contributed by atoms with Crippen LogP contribution in [0.4, 0.5) is 4.39 Å². The molecule has 1 unspecified atom stereocenters. The number of nitrogens with two attached hydrogens (primary N) is 1. The molecule has 1 aromatic carbocycles. The van der Waals surface area contributed by atoms with Gasteiger partial charge in [0.1, 0.15) is 23.1 Å². The lowest BCUT2D eigenvalue weighted by Gasteiger charge is -2.49. The number of carbonyl (C=O) groups is 1. The molecule has 0 spiro atoms. The van der Waals surface area contributed by atoms with E-state index in [2.05, 4.69) is 16.0 Å². The lowest BCUT2D eigenvalue weighted by atomic mass is 9.69. The second kappa shape index (κ2) is 8.19. The molecule has 0 radical (unpaired) electrons. The van der Waals surface area contributed by atoms with Gasteiger partial charge < -0.3 is 20.7 Å². The SMILES string of the molecule is Cc1cc(-c2ccnc3[nH]cc(C#N)c23)cc(F)c1C1(O)[C@H](C)CN(C(=O)C(C)(C)N)C[C@@H]1C. The van der Waals surface area contributed by atoms with Gasteiger partial charge in [-0.2, -0.15) is 5.26 Å². The molecule has 1 fully saturated rings. The first-order valence-corrected chi connectivity index (χ1v) is 11.4. The van der Waals surface area contributed by atoms with Crippen LogP contribution in [0.2, 0.25) is 0 Å². The zero-order valence-corrected chi connectivity index (χ0v) is 20.1. The van der Waals surface area contributed by atoms with Crippen LogP contribution in [-0.4, -0.2) is 44.5 Å². The van der Waals surface area contributed by atoms with E-state index in [9.17, 15) is 15.2 Å². The number of nitrogens with one attached hydrogen (secondary N) is 1. The third-order valence-corrected chi connectivity index (χ3v) is 7.02. The van der Waals surface area contributed by atoms with Gasteiger partial charge in [0.15, 0.2) is 0 Å². The molecule has 0 aliphatic carbocycles. The molecule has 8 heteroatoms. The van der Waals surface area contributed by atoms with Crippen molar-refractivity contribution in [1.82, 2.24) is 14.9 Å². The van der Waals surface area contributed by atoms with E-state index in [1.807, 2.05) is 19.9 Å². The minimum Gasteiger partial charge on any atom is -0.384 e. The van der Waals surface area contributed by atoms with Crippen molar-refractivity contribution in [3.63, 3.8) is 0 Å². The Balaban J connectivity index is 1.77. The number of hydrogen-bond donors (Lipinski definition) is 3. The predicted molar refractivity (Wildman–Crippen MR) is 128 cm³/mol. The van der Waals surface area contributed by atoms with Crippen molar-refractivity contribution in [2.75, 3.05) is 13.1 Å². The molecule has 0 bridgehead atoms. The standard InChI is InChI=1S/C26H30FN5O2/c1-14-8-17(19-6-7-30-23-21(19)18(10-28)11-31-23)9-20(27)22(14)26(34)15(2)12-32(13-16(26)3)24(33)25(4,5)29/h6-9,11,15-16,34H,12-13,29H2,1-5H3,(H,30,31)/t15-,16+,26?. The first-order valence-electron chi connectivity index (χ1n) is 11.4. The van der Waals surface area contributed by atoms with Gasteiger partial charge in [0.05, 0.1) is 11.1 Å². The summed E-state index contributed by atoms with van der Waals surface area (Å²) in [6.45, 7) is 9.32. The van der Waals surface area contributed by atoms with Crippen molar-refractivity contribution < 1.29 is 14.3 Å². The highest BCUT2D eigenvalue weighted by atomic mass is 19.1. The number of aromatic amines is 1. The number of carbonyl (C=O) groups excluding carboxylic acids is 1. The van der Waals surface area contributed by atoms with Crippen LogP contribution in [0.1, 0.15) is 44.4 Å². The Morgan fingerprint density at radius 2 is 2.00 bits per heavy atom. The molecular formula is C26H30FN5O2. The van der Waals surface area contributed by atoms with Gasteiger partial charge in [0, 0.05) is 48.3 Å². The third-order valence-electron chi connectivity index (χ3n) is 7.02. The maximum atomic E-state index is 15.8. The van der Waals surface area contributed by atoms with Gasteiger partial charge in [-0.25, -0.2) is 9.37 Å². The molecule has 7 nitrogen and oxygen atoms in total. The van der Waals surface area contributed by atoms with Crippen LogP contribution in [-0.2, 0) is 10.4 Å². The molecular weight excluding hydrogens is 433 g/mol. The summed E-state index contributed by atoms with van der Waals surface area (Å²) in [6.07, 6.45) is 3.20. The number of piperidine rings is 1. The lowest BCUT2D eigenvalue weighted by molar-refractivity contribution is -0.153. The monoisotopic (exact) mass is 463 g/mol. The van der Waals surface area contributed by atoms with Crippen LogP contribution in [0.3, 0.4) is 0 Å². The molecule has 3 atom stereocenters. The molecule has 4 N–H and O–H groups in total. The van der Waals surface area contributed by atoms with Crippen molar-refractivity contribution in [3.05, 3.63) is 53.1 Å². The van der Waals surface area contributed by atoms with E-state index in [0.717, 1.165) is 0 Å². The van der Waals surface area contributed by atoms with Gasteiger partial charge in [-0.05, 0) is 49.6 Å². The zero-order chi connectivity index (χ0) is 25.0. The summed E-state index contributed by atoms with van der Waals surface area (Å²) in [5.41, 5.74) is 6.66. The Morgan fingerprint density at radius 1 is 1.35 bits per heavy atom. The van der Waals surface area contributed by atoms with Gasteiger partial charge in [-0.1, -0.05) is 19.9 Å². The van der Waals surface area contributed by atoms with Gasteiger partial charge in [-0.3, -0.25) is 4.79 Å². The molecule has 3 aromatic rings. The number of aryl methyl sites for hydroxylation is 1. The van der Waals surface area contributed by atoms with E-state index in [-0.39, 0.29) is 24.6 Å². The summed E-state index contributed by atoms with van der Waals surface area (Å²) in [4.78, 5) is 21.6. The minimum atomic E-state index is -1.46. The van der Waals surface area contributed by atoms with E-state index in [4.69, 9.17) is 5.73 Å². The number of fused-ring (bicyclic) bond motifs is 1. The summed E-state index contributed by atoms with van der Waals surface area (Å²) in [6, 6.07) is 7.14. The molecule has 1 amide bonds. The van der Waals surface area contributed by atoms with E-state index in [1.165, 1.54) is 6.07 Å². The number of nitriles is 1. The molecule has 1 saturated heterocycles. The number of benzene rings is 1. The molecule has 34 heavy (non-hydrogen) atoms. The Labute approximate surface area is 198 Å². The van der Waals surface area contributed by atoms with Crippen molar-refractivity contribution in [2.24, 2.45) is 17.6 Å². The predicted octanol–water partition coefficient (Wildman–Crippen LogP) is 3.59. The maximum absolute atomic E-state index is 15.8. The Kier molecular flexibility index (Phi) is 5.75. The van der Waals surface area contributed by atoms with Crippen molar-refractivity contribution >= 4 is 16.9 Å². The molecule has 2 aromatic heterocycles. The van der Waals surface area contributed by atoms with Crippen LogP contribution >= 0.6 is 0 Å². The van der Waals surface area contributed by atoms with Gasteiger partial charge >= 0.3 is 0 Å². The number of amides is 1. The topological polar surface area (TPSA) is 119 Å². The van der Waals surface area contributed by atoms with Gasteiger partial charge in [0.25, 0.3) is 0 Å². The van der Waals surface area contributed by atoms with E-state index >= 15 is 4.39 Å². The fraction of sp³-hybridized carbons (Fsp3) is 0.423. The average molecular weight is 464 g/mol. The summed E-state index contributed by atoms with van der Waals surface area (Å²) in [5, 5.41) is 22.0. The minimum absolute atomic E-state index is 0.192. The Hall–Kier alpha value is -3.28. The largest absolute Gasteiger partial charge is 0.384 e. The summed E-state index contributed by atoms with van der Waals surface area (Å²) in [7, 11) is 0.